The molecule has 0 bridgehead atoms. The summed E-state index contributed by atoms with van der Waals surface area (Å²) in [6.45, 7) is 0.241. The predicted molar refractivity (Wildman–Crippen MR) is 125 cm³/mol. The minimum Gasteiger partial charge on any atom is -0.506 e. The van der Waals surface area contributed by atoms with Crippen LogP contribution < -0.4 is 4.74 Å². The molecule has 0 spiro atoms. The number of rotatable bonds is 5. The number of benzene rings is 3. The van der Waals surface area contributed by atoms with E-state index in [1.165, 1.54) is 18.2 Å². The maximum atomic E-state index is 12.8. The smallest absolute Gasteiger partial charge is 0.298 e. The van der Waals surface area contributed by atoms with Crippen molar-refractivity contribution in [2.45, 2.75) is 5.92 Å². The molecule has 7 heteroatoms. The van der Waals surface area contributed by atoms with Crippen molar-refractivity contribution in [1.29, 1.82) is 0 Å². The van der Waals surface area contributed by atoms with Gasteiger partial charge in [-0.1, -0.05) is 48.6 Å². The molecule has 3 aromatic carbocycles. The maximum absolute atomic E-state index is 12.8. The normalized spacial score (nSPS) is 13.5. The largest absolute Gasteiger partial charge is 0.506 e. The van der Waals surface area contributed by atoms with Crippen LogP contribution in [0.15, 0.2) is 66.7 Å². The van der Waals surface area contributed by atoms with E-state index in [-0.39, 0.29) is 41.0 Å². The SMILES string of the molecule is O=COc1cc(C=Cc2ccc3nc(C4C(=O)c5ccccc5C4=O)c(O)cc3c2)ccc1O. The molecule has 0 unspecified atom stereocenters. The lowest BCUT2D eigenvalue weighted by Gasteiger charge is -2.11. The van der Waals surface area contributed by atoms with Gasteiger partial charge < -0.3 is 14.9 Å². The van der Waals surface area contributed by atoms with Gasteiger partial charge in [0.2, 0.25) is 0 Å². The molecule has 34 heavy (non-hydrogen) atoms. The molecule has 2 N–H and O–H groups in total. The molecule has 0 aliphatic heterocycles. The molecule has 0 saturated carbocycles. The molecule has 4 aromatic rings. The number of Topliss-reactive ketones (excluding diaryl/α,β-unsaturated/α-hetero) is 2. The van der Waals surface area contributed by atoms with E-state index in [1.807, 2.05) is 12.1 Å². The minimum atomic E-state index is -1.15. The van der Waals surface area contributed by atoms with Crippen molar-refractivity contribution in [2.75, 3.05) is 0 Å². The number of fused-ring (bicyclic) bond motifs is 2. The first-order valence-corrected chi connectivity index (χ1v) is 10.4. The van der Waals surface area contributed by atoms with Crippen molar-refractivity contribution in [2.24, 2.45) is 0 Å². The molecule has 0 amide bonds. The second-order valence-corrected chi connectivity index (χ2v) is 7.83. The number of phenolic OH excluding ortho intramolecular Hbond substituents is 1. The molecular weight excluding hydrogens is 434 g/mol. The Labute approximate surface area is 193 Å². The van der Waals surface area contributed by atoms with E-state index in [4.69, 9.17) is 4.74 Å². The van der Waals surface area contributed by atoms with Gasteiger partial charge in [-0.05, 0) is 41.5 Å². The Morgan fingerprint density at radius 1 is 0.794 bits per heavy atom. The zero-order valence-corrected chi connectivity index (χ0v) is 17.6. The lowest BCUT2D eigenvalue weighted by Crippen LogP contribution is -2.14. The first kappa shape index (κ1) is 21.1. The number of ether oxygens (including phenoxy) is 1. The summed E-state index contributed by atoms with van der Waals surface area (Å²) in [5, 5.41) is 21.0. The van der Waals surface area contributed by atoms with Gasteiger partial charge in [0.05, 0.1) is 5.52 Å². The van der Waals surface area contributed by atoms with E-state index in [0.717, 1.165) is 5.56 Å². The molecule has 5 rings (SSSR count). The van der Waals surface area contributed by atoms with Crippen molar-refractivity contribution in [1.82, 2.24) is 4.98 Å². The zero-order chi connectivity index (χ0) is 23.8. The summed E-state index contributed by atoms with van der Waals surface area (Å²) >= 11 is 0. The van der Waals surface area contributed by atoms with Gasteiger partial charge in [0.1, 0.15) is 17.4 Å². The highest BCUT2D eigenvalue weighted by Crippen LogP contribution is 2.38. The van der Waals surface area contributed by atoms with Crippen LogP contribution in [-0.2, 0) is 4.79 Å². The lowest BCUT2D eigenvalue weighted by molar-refractivity contribution is -0.120. The van der Waals surface area contributed by atoms with E-state index in [1.54, 1.807) is 48.5 Å². The molecule has 0 fully saturated rings. The number of aromatic hydroxyl groups is 2. The third-order valence-corrected chi connectivity index (χ3v) is 5.73. The highest BCUT2D eigenvalue weighted by molar-refractivity contribution is 6.29. The summed E-state index contributed by atoms with van der Waals surface area (Å²) in [6, 6.07) is 18.1. The summed E-state index contributed by atoms with van der Waals surface area (Å²) < 4.78 is 4.74. The highest BCUT2D eigenvalue weighted by atomic mass is 16.5. The zero-order valence-electron chi connectivity index (χ0n) is 17.6. The summed E-state index contributed by atoms with van der Waals surface area (Å²) in [5.41, 5.74) is 2.77. The Bertz CT molecular complexity index is 1490. The van der Waals surface area contributed by atoms with Gasteiger partial charge in [-0.15, -0.1) is 0 Å². The standard InChI is InChI=1S/C27H17NO6/c29-14-34-23-12-16(8-10-21(23)30)6-5-15-7-9-20-17(11-15)13-22(31)25(28-20)24-26(32)18-3-1-2-4-19(18)27(24)33/h1-14,24,30-31H. The number of carbonyl (C=O) groups excluding carboxylic acids is 3. The molecule has 1 aliphatic carbocycles. The van der Waals surface area contributed by atoms with Crippen LogP contribution in [0.5, 0.6) is 17.2 Å². The number of nitrogens with zero attached hydrogens (tertiary/aromatic N) is 1. The Balaban J connectivity index is 1.46. The number of hydrogen-bond donors (Lipinski definition) is 2. The topological polar surface area (TPSA) is 114 Å². The Morgan fingerprint density at radius 2 is 1.44 bits per heavy atom. The van der Waals surface area contributed by atoms with Crippen molar-refractivity contribution >= 4 is 41.1 Å². The summed E-state index contributed by atoms with van der Waals surface area (Å²) in [4.78, 5) is 40.7. The summed E-state index contributed by atoms with van der Waals surface area (Å²) in [7, 11) is 0. The number of carbonyl (C=O) groups is 3. The Morgan fingerprint density at radius 3 is 2.12 bits per heavy atom. The molecule has 1 aliphatic rings. The van der Waals surface area contributed by atoms with Crippen LogP contribution in [0, 0.1) is 0 Å². The quantitative estimate of drug-likeness (QED) is 0.261. The van der Waals surface area contributed by atoms with Crippen LogP contribution in [-0.4, -0.2) is 33.2 Å². The van der Waals surface area contributed by atoms with Crippen LogP contribution in [0.1, 0.15) is 43.5 Å². The highest BCUT2D eigenvalue weighted by Gasteiger charge is 2.41. The molecule has 0 saturated heterocycles. The van der Waals surface area contributed by atoms with Crippen molar-refractivity contribution in [3.05, 3.63) is 94.7 Å². The van der Waals surface area contributed by atoms with Crippen LogP contribution in [0.4, 0.5) is 0 Å². The van der Waals surface area contributed by atoms with Crippen molar-refractivity contribution < 1.29 is 29.3 Å². The first-order valence-electron chi connectivity index (χ1n) is 10.4. The van der Waals surface area contributed by atoms with Crippen molar-refractivity contribution in [3.8, 4) is 17.2 Å². The summed E-state index contributed by atoms with van der Waals surface area (Å²) in [5.74, 6) is -2.20. The van der Waals surface area contributed by atoms with Crippen LogP contribution >= 0.6 is 0 Å². The second-order valence-electron chi connectivity index (χ2n) is 7.83. The average molecular weight is 451 g/mol. The summed E-state index contributed by atoms with van der Waals surface area (Å²) in [6.07, 6.45) is 3.58. The van der Waals surface area contributed by atoms with E-state index >= 15 is 0 Å². The fourth-order valence-corrected chi connectivity index (χ4v) is 4.08. The van der Waals surface area contributed by atoms with Gasteiger partial charge in [-0.2, -0.15) is 0 Å². The minimum absolute atomic E-state index is 0.0498. The van der Waals surface area contributed by atoms with Crippen LogP contribution in [0.2, 0.25) is 0 Å². The third-order valence-electron chi connectivity index (χ3n) is 5.73. The van der Waals surface area contributed by atoms with Gasteiger partial charge in [0.15, 0.2) is 23.1 Å². The number of hydrogen-bond acceptors (Lipinski definition) is 7. The fraction of sp³-hybridized carbons (Fsp3) is 0.0370. The lowest BCUT2D eigenvalue weighted by atomic mass is 9.97. The van der Waals surface area contributed by atoms with Gasteiger partial charge >= 0.3 is 0 Å². The van der Waals surface area contributed by atoms with Gasteiger partial charge in [0.25, 0.3) is 6.47 Å². The Kier molecular flexibility index (Phi) is 5.14. The van der Waals surface area contributed by atoms with Gasteiger partial charge in [0, 0.05) is 16.5 Å². The number of aromatic nitrogens is 1. The van der Waals surface area contributed by atoms with E-state index in [2.05, 4.69) is 4.98 Å². The monoisotopic (exact) mass is 451 g/mol. The molecular formula is C27H17NO6. The molecule has 7 nitrogen and oxygen atoms in total. The second kappa shape index (κ2) is 8.29. The number of pyridine rings is 1. The molecule has 1 aromatic heterocycles. The third kappa shape index (κ3) is 3.59. The first-order chi connectivity index (χ1) is 16.5. The predicted octanol–water partition coefficient (Wildman–Crippen LogP) is 4.51. The molecule has 0 radical (unpaired) electrons. The van der Waals surface area contributed by atoms with Crippen LogP contribution in [0.3, 0.4) is 0 Å². The van der Waals surface area contributed by atoms with Gasteiger partial charge in [-0.25, -0.2) is 4.98 Å². The van der Waals surface area contributed by atoms with Crippen molar-refractivity contribution in [3.63, 3.8) is 0 Å². The maximum Gasteiger partial charge on any atom is 0.298 e. The Hall–Kier alpha value is -4.78. The van der Waals surface area contributed by atoms with E-state index in [9.17, 15) is 24.6 Å². The number of ketones is 2. The number of phenols is 1. The molecule has 166 valence electrons. The van der Waals surface area contributed by atoms with Crippen LogP contribution in [0.25, 0.3) is 23.1 Å². The molecule has 0 atom stereocenters. The van der Waals surface area contributed by atoms with Gasteiger partial charge in [-0.3, -0.25) is 14.4 Å². The fourth-order valence-electron chi connectivity index (χ4n) is 4.08. The van der Waals surface area contributed by atoms with E-state index in [0.29, 0.717) is 27.6 Å². The molecule has 1 heterocycles. The van der Waals surface area contributed by atoms with E-state index < -0.39 is 5.92 Å². The average Bonchev–Trinajstić information content (AvgIpc) is 3.09.